The molecule has 1 heterocycles. The van der Waals surface area contributed by atoms with E-state index in [1.807, 2.05) is 0 Å². The average molecular weight is 468 g/mol. The highest BCUT2D eigenvalue weighted by Gasteiger charge is 2.12. The van der Waals surface area contributed by atoms with Gasteiger partial charge in [0, 0.05) is 11.8 Å². The van der Waals surface area contributed by atoms with Crippen LogP contribution in [0.25, 0.3) is 28.5 Å². The molecule has 0 fully saturated rings. The maximum absolute atomic E-state index is 14.0. The van der Waals surface area contributed by atoms with Crippen LogP contribution >= 0.6 is 0 Å². The van der Waals surface area contributed by atoms with E-state index in [2.05, 4.69) is 20.0 Å². The zero-order valence-corrected chi connectivity index (χ0v) is 18.1. The SMILES string of the molecule is CNS(=O)(=O)c1ccc(/C=C/C(=O)Nc2ccc3nc(-c4cc(F)ccc4F)[nH]c3c2)cc1. The van der Waals surface area contributed by atoms with Gasteiger partial charge in [-0.3, -0.25) is 4.79 Å². The van der Waals surface area contributed by atoms with Crippen molar-refractivity contribution in [2.75, 3.05) is 12.4 Å². The molecule has 0 unspecified atom stereocenters. The molecule has 4 rings (SSSR count). The number of anilines is 1. The van der Waals surface area contributed by atoms with Gasteiger partial charge in [0.05, 0.1) is 21.5 Å². The lowest BCUT2D eigenvalue weighted by molar-refractivity contribution is -0.111. The number of H-pyrrole nitrogens is 1. The number of fused-ring (bicyclic) bond motifs is 1. The molecule has 0 atom stereocenters. The first-order chi connectivity index (χ1) is 15.7. The van der Waals surface area contributed by atoms with Crippen LogP contribution in [-0.4, -0.2) is 31.3 Å². The molecule has 7 nitrogen and oxygen atoms in total. The number of hydrogen-bond acceptors (Lipinski definition) is 4. The number of rotatable bonds is 6. The van der Waals surface area contributed by atoms with E-state index in [0.29, 0.717) is 22.3 Å². The number of aromatic nitrogens is 2. The van der Waals surface area contributed by atoms with Gasteiger partial charge < -0.3 is 10.3 Å². The van der Waals surface area contributed by atoms with Crippen molar-refractivity contribution < 1.29 is 22.0 Å². The molecular weight excluding hydrogens is 450 g/mol. The van der Waals surface area contributed by atoms with E-state index in [1.54, 1.807) is 36.4 Å². The van der Waals surface area contributed by atoms with Crippen LogP contribution in [0.15, 0.2) is 71.6 Å². The van der Waals surface area contributed by atoms with Gasteiger partial charge in [0.1, 0.15) is 17.5 Å². The van der Waals surface area contributed by atoms with E-state index in [4.69, 9.17) is 0 Å². The first-order valence-electron chi connectivity index (χ1n) is 9.73. The second kappa shape index (κ2) is 8.93. The molecule has 0 aliphatic rings. The number of nitrogens with zero attached hydrogens (tertiary/aromatic N) is 1. The molecule has 4 aromatic rings. The maximum atomic E-state index is 14.0. The van der Waals surface area contributed by atoms with Gasteiger partial charge in [-0.25, -0.2) is 26.9 Å². The largest absolute Gasteiger partial charge is 0.338 e. The highest BCUT2D eigenvalue weighted by Crippen LogP contribution is 2.25. The van der Waals surface area contributed by atoms with Crippen LogP contribution in [0.3, 0.4) is 0 Å². The summed E-state index contributed by atoms with van der Waals surface area (Å²) in [5, 5.41) is 2.71. The normalized spacial score (nSPS) is 11.8. The number of carbonyl (C=O) groups is 1. The average Bonchev–Trinajstić information content (AvgIpc) is 3.23. The monoisotopic (exact) mass is 468 g/mol. The fourth-order valence-corrected chi connectivity index (χ4v) is 3.86. The minimum Gasteiger partial charge on any atom is -0.338 e. The summed E-state index contributed by atoms with van der Waals surface area (Å²) >= 11 is 0. The van der Waals surface area contributed by atoms with E-state index in [-0.39, 0.29) is 16.3 Å². The van der Waals surface area contributed by atoms with Crippen molar-refractivity contribution in [3.63, 3.8) is 0 Å². The molecule has 0 bridgehead atoms. The molecule has 0 spiro atoms. The number of imidazole rings is 1. The van der Waals surface area contributed by atoms with Gasteiger partial charge >= 0.3 is 0 Å². The molecule has 3 aromatic carbocycles. The highest BCUT2D eigenvalue weighted by atomic mass is 32.2. The number of sulfonamides is 1. The summed E-state index contributed by atoms with van der Waals surface area (Å²) in [4.78, 5) is 19.6. The van der Waals surface area contributed by atoms with Crippen LogP contribution in [0.5, 0.6) is 0 Å². The highest BCUT2D eigenvalue weighted by molar-refractivity contribution is 7.89. The summed E-state index contributed by atoms with van der Waals surface area (Å²) in [5.41, 5.74) is 2.19. The molecule has 33 heavy (non-hydrogen) atoms. The molecule has 0 aliphatic heterocycles. The quantitative estimate of drug-likeness (QED) is 0.371. The number of hydrogen-bond donors (Lipinski definition) is 3. The summed E-state index contributed by atoms with van der Waals surface area (Å²) in [6.45, 7) is 0. The third-order valence-electron chi connectivity index (χ3n) is 4.82. The smallest absolute Gasteiger partial charge is 0.248 e. The van der Waals surface area contributed by atoms with Crippen LogP contribution in [0.1, 0.15) is 5.56 Å². The first kappa shape index (κ1) is 22.3. The molecule has 0 saturated heterocycles. The minimum atomic E-state index is -3.53. The van der Waals surface area contributed by atoms with Gasteiger partial charge in [-0.2, -0.15) is 0 Å². The molecule has 1 aromatic heterocycles. The Hall–Kier alpha value is -3.89. The Morgan fingerprint density at radius 1 is 1.03 bits per heavy atom. The predicted molar refractivity (Wildman–Crippen MR) is 122 cm³/mol. The van der Waals surface area contributed by atoms with Gasteiger partial charge in [-0.15, -0.1) is 0 Å². The summed E-state index contributed by atoms with van der Waals surface area (Å²) in [6, 6.07) is 14.1. The van der Waals surface area contributed by atoms with Crippen LogP contribution in [0.4, 0.5) is 14.5 Å². The Labute approximate surface area is 188 Å². The standard InChI is InChI=1S/C23H18F2N4O3S/c1-26-33(31,32)17-7-2-14(3-8-17)4-11-22(30)27-16-6-10-20-21(13-16)29-23(28-20)18-12-15(24)5-9-19(18)25/h2-13,26H,1H3,(H,27,30)(H,28,29)/b11-4+. The second-order valence-corrected chi connectivity index (χ2v) is 8.93. The zero-order valence-electron chi connectivity index (χ0n) is 17.3. The molecule has 10 heteroatoms. The van der Waals surface area contributed by atoms with Gasteiger partial charge in [0.25, 0.3) is 0 Å². The lowest BCUT2D eigenvalue weighted by Crippen LogP contribution is -2.18. The summed E-state index contributed by atoms with van der Waals surface area (Å²) < 4.78 is 53.3. The van der Waals surface area contributed by atoms with Gasteiger partial charge in [0.2, 0.25) is 15.9 Å². The third kappa shape index (κ3) is 4.97. The van der Waals surface area contributed by atoms with E-state index in [9.17, 15) is 22.0 Å². The summed E-state index contributed by atoms with van der Waals surface area (Å²) in [5.74, 6) is -1.41. The zero-order chi connectivity index (χ0) is 23.6. The lowest BCUT2D eigenvalue weighted by atomic mass is 10.2. The molecule has 168 valence electrons. The Balaban J connectivity index is 1.48. The first-order valence-corrected chi connectivity index (χ1v) is 11.2. The third-order valence-corrected chi connectivity index (χ3v) is 6.25. The van der Waals surface area contributed by atoms with Crippen molar-refractivity contribution in [1.82, 2.24) is 14.7 Å². The van der Waals surface area contributed by atoms with Crippen molar-refractivity contribution in [3.05, 3.63) is 83.9 Å². The number of amides is 1. The fraction of sp³-hybridized carbons (Fsp3) is 0.0435. The van der Waals surface area contributed by atoms with Crippen LogP contribution in [0, 0.1) is 11.6 Å². The number of benzene rings is 3. The Morgan fingerprint density at radius 3 is 2.52 bits per heavy atom. The summed E-state index contributed by atoms with van der Waals surface area (Å²) in [7, 11) is -2.20. The van der Waals surface area contributed by atoms with Crippen molar-refractivity contribution in [1.29, 1.82) is 0 Å². The number of carbonyl (C=O) groups excluding carboxylic acids is 1. The molecule has 0 aliphatic carbocycles. The number of nitrogens with one attached hydrogen (secondary N) is 3. The van der Waals surface area contributed by atoms with Gasteiger partial charge in [-0.05, 0) is 67.2 Å². The molecule has 0 radical (unpaired) electrons. The van der Waals surface area contributed by atoms with E-state index in [0.717, 1.165) is 18.2 Å². The molecule has 1 amide bonds. The van der Waals surface area contributed by atoms with Crippen molar-refractivity contribution in [2.24, 2.45) is 0 Å². The number of halogens is 2. The van der Waals surface area contributed by atoms with Gasteiger partial charge in [0.15, 0.2) is 0 Å². The minimum absolute atomic E-state index is 0.00764. The lowest BCUT2D eigenvalue weighted by Gasteiger charge is -2.03. The van der Waals surface area contributed by atoms with Crippen LogP contribution in [-0.2, 0) is 14.8 Å². The Morgan fingerprint density at radius 2 is 1.79 bits per heavy atom. The van der Waals surface area contributed by atoms with Crippen LogP contribution < -0.4 is 10.0 Å². The Bertz CT molecular complexity index is 1480. The van der Waals surface area contributed by atoms with Crippen LogP contribution in [0.2, 0.25) is 0 Å². The number of aromatic amines is 1. The second-order valence-electron chi connectivity index (χ2n) is 7.04. The summed E-state index contributed by atoms with van der Waals surface area (Å²) in [6.07, 6.45) is 2.86. The predicted octanol–water partition coefficient (Wildman–Crippen LogP) is 4.07. The maximum Gasteiger partial charge on any atom is 0.248 e. The van der Waals surface area contributed by atoms with Crippen molar-refractivity contribution >= 4 is 38.7 Å². The van der Waals surface area contributed by atoms with Crippen molar-refractivity contribution in [3.8, 4) is 11.4 Å². The fourth-order valence-electron chi connectivity index (χ4n) is 3.13. The topological polar surface area (TPSA) is 104 Å². The molecule has 0 saturated carbocycles. The molecule has 3 N–H and O–H groups in total. The Kier molecular flexibility index (Phi) is 6.03. The molecular formula is C23H18F2N4O3S. The van der Waals surface area contributed by atoms with E-state index >= 15 is 0 Å². The van der Waals surface area contributed by atoms with Crippen molar-refractivity contribution in [2.45, 2.75) is 4.90 Å². The van der Waals surface area contributed by atoms with Gasteiger partial charge in [-0.1, -0.05) is 12.1 Å². The van der Waals surface area contributed by atoms with E-state index in [1.165, 1.54) is 25.3 Å². The van der Waals surface area contributed by atoms with E-state index < -0.39 is 27.6 Å².